The van der Waals surface area contributed by atoms with Crippen molar-refractivity contribution >= 4 is 10.0 Å². The second kappa shape index (κ2) is 7.55. The smallest absolute Gasteiger partial charge is 0.324 e. The van der Waals surface area contributed by atoms with Crippen molar-refractivity contribution < 1.29 is 21.6 Å². The molecule has 0 aromatic heterocycles. The van der Waals surface area contributed by atoms with Gasteiger partial charge in [0.25, 0.3) is 0 Å². The van der Waals surface area contributed by atoms with Crippen LogP contribution in [-0.2, 0) is 28.5 Å². The van der Waals surface area contributed by atoms with E-state index in [2.05, 4.69) is 4.72 Å². The summed E-state index contributed by atoms with van der Waals surface area (Å²) in [6.45, 7) is 1.82. The molecule has 136 valence electrons. The summed E-state index contributed by atoms with van der Waals surface area (Å²) >= 11 is 0. The highest BCUT2D eigenvalue weighted by molar-refractivity contribution is 7.88. The Bertz CT molecular complexity index is 817. The zero-order chi connectivity index (χ0) is 18.7. The van der Waals surface area contributed by atoms with Crippen LogP contribution in [0.5, 0.6) is 0 Å². The minimum atomic E-state index is -4.60. The van der Waals surface area contributed by atoms with Gasteiger partial charge in [0, 0.05) is 12.6 Å². The summed E-state index contributed by atoms with van der Waals surface area (Å²) in [6.07, 6.45) is -4.60. The highest BCUT2D eigenvalue weighted by Gasteiger charge is 2.33. The first-order valence-electron chi connectivity index (χ1n) is 7.55. The predicted octanol–water partition coefficient (Wildman–Crippen LogP) is 3.34. The van der Waals surface area contributed by atoms with E-state index in [-0.39, 0.29) is 18.2 Å². The largest absolute Gasteiger partial charge is 0.416 e. The van der Waals surface area contributed by atoms with Gasteiger partial charge in [-0.1, -0.05) is 42.5 Å². The van der Waals surface area contributed by atoms with Crippen LogP contribution in [0.3, 0.4) is 0 Å². The molecule has 0 saturated heterocycles. The Hall–Kier alpha value is -1.90. The van der Waals surface area contributed by atoms with Crippen molar-refractivity contribution in [1.29, 1.82) is 0 Å². The molecule has 0 heterocycles. The minimum Gasteiger partial charge on any atom is -0.324 e. The number of nitrogens with two attached hydrogens (primary N) is 1. The molecule has 1 unspecified atom stereocenters. The summed E-state index contributed by atoms with van der Waals surface area (Å²) in [4.78, 5) is 0. The molecule has 4 nitrogen and oxygen atoms in total. The van der Waals surface area contributed by atoms with Gasteiger partial charge in [0.05, 0.1) is 11.3 Å². The van der Waals surface area contributed by atoms with Gasteiger partial charge in [0.2, 0.25) is 10.0 Å². The summed E-state index contributed by atoms with van der Waals surface area (Å²) in [5, 5.41) is 0. The summed E-state index contributed by atoms with van der Waals surface area (Å²) in [7, 11) is -3.92. The minimum absolute atomic E-state index is 0.00422. The van der Waals surface area contributed by atoms with Crippen molar-refractivity contribution in [1.82, 2.24) is 4.72 Å². The van der Waals surface area contributed by atoms with Gasteiger partial charge in [0.1, 0.15) is 0 Å². The highest BCUT2D eigenvalue weighted by Crippen LogP contribution is 2.32. The normalized spacial score (nSPS) is 13.6. The zero-order valence-corrected chi connectivity index (χ0v) is 14.4. The molecule has 0 bridgehead atoms. The van der Waals surface area contributed by atoms with E-state index in [0.29, 0.717) is 5.56 Å². The van der Waals surface area contributed by atoms with Crippen LogP contribution < -0.4 is 10.5 Å². The first-order valence-corrected chi connectivity index (χ1v) is 9.20. The Labute approximate surface area is 144 Å². The summed E-state index contributed by atoms with van der Waals surface area (Å²) in [6, 6.07) is 11.5. The molecule has 0 aliphatic rings. The average Bonchev–Trinajstić information content (AvgIpc) is 2.52. The second-order valence-corrected chi connectivity index (χ2v) is 7.57. The molecule has 0 spiro atoms. The fourth-order valence-electron chi connectivity index (χ4n) is 2.31. The molecule has 0 radical (unpaired) electrons. The topological polar surface area (TPSA) is 72.2 Å². The first-order chi connectivity index (χ1) is 11.6. The van der Waals surface area contributed by atoms with Crippen molar-refractivity contribution in [2.45, 2.75) is 31.4 Å². The molecule has 2 rings (SSSR count). The molecule has 8 heteroatoms. The number of nitrogens with one attached hydrogen (secondary N) is 1. The van der Waals surface area contributed by atoms with E-state index in [9.17, 15) is 21.6 Å². The lowest BCUT2D eigenvalue weighted by molar-refractivity contribution is -0.138. The summed E-state index contributed by atoms with van der Waals surface area (Å²) < 4.78 is 65.4. The second-order valence-electron chi connectivity index (χ2n) is 5.77. The molecular formula is C17H19F3N2O2S. The van der Waals surface area contributed by atoms with E-state index in [0.717, 1.165) is 11.6 Å². The number of alkyl halides is 3. The molecule has 0 fully saturated rings. The number of sulfonamides is 1. The maximum atomic E-state index is 13.0. The van der Waals surface area contributed by atoms with Gasteiger partial charge in [-0.05, 0) is 29.7 Å². The fraction of sp³-hybridized carbons (Fsp3) is 0.294. The van der Waals surface area contributed by atoms with E-state index in [1.807, 2.05) is 6.92 Å². The molecular weight excluding hydrogens is 353 g/mol. The highest BCUT2D eigenvalue weighted by atomic mass is 32.2. The van der Waals surface area contributed by atoms with Crippen molar-refractivity contribution in [3.8, 4) is 0 Å². The zero-order valence-electron chi connectivity index (χ0n) is 13.5. The van der Waals surface area contributed by atoms with Gasteiger partial charge < -0.3 is 5.73 Å². The van der Waals surface area contributed by atoms with Crippen LogP contribution >= 0.6 is 0 Å². The molecule has 25 heavy (non-hydrogen) atoms. The first kappa shape index (κ1) is 19.4. The lowest BCUT2D eigenvalue weighted by atomic mass is 10.1. The van der Waals surface area contributed by atoms with E-state index >= 15 is 0 Å². The fourth-order valence-corrected chi connectivity index (χ4v) is 3.46. The SMILES string of the molecule is CC(N)c1ccc(CNS(=O)(=O)Cc2ccccc2C(F)(F)F)cc1. The van der Waals surface area contributed by atoms with E-state index in [1.54, 1.807) is 24.3 Å². The number of benzene rings is 2. The Morgan fingerprint density at radius 1 is 1.08 bits per heavy atom. The van der Waals surface area contributed by atoms with E-state index in [4.69, 9.17) is 5.73 Å². The Morgan fingerprint density at radius 3 is 2.24 bits per heavy atom. The number of hydrogen-bond acceptors (Lipinski definition) is 3. The molecule has 1 atom stereocenters. The number of rotatable bonds is 6. The van der Waals surface area contributed by atoms with Gasteiger partial charge in [-0.25, -0.2) is 13.1 Å². The predicted molar refractivity (Wildman–Crippen MR) is 90.0 cm³/mol. The molecule has 0 aliphatic heterocycles. The van der Waals surface area contributed by atoms with Gasteiger partial charge in [-0.3, -0.25) is 0 Å². The summed E-state index contributed by atoms with van der Waals surface area (Å²) in [5.74, 6) is -0.736. The van der Waals surface area contributed by atoms with Gasteiger partial charge in [-0.2, -0.15) is 13.2 Å². The number of hydrogen-bond donors (Lipinski definition) is 2. The molecule has 0 saturated carbocycles. The van der Waals surface area contributed by atoms with Crippen LogP contribution in [0.15, 0.2) is 48.5 Å². The van der Waals surface area contributed by atoms with Crippen LogP contribution in [0.25, 0.3) is 0 Å². The molecule has 0 amide bonds. The maximum Gasteiger partial charge on any atom is 0.416 e. The monoisotopic (exact) mass is 372 g/mol. The quantitative estimate of drug-likeness (QED) is 0.817. The third kappa shape index (κ3) is 5.55. The third-order valence-corrected chi connectivity index (χ3v) is 4.95. The van der Waals surface area contributed by atoms with E-state index in [1.165, 1.54) is 18.2 Å². The van der Waals surface area contributed by atoms with Crippen molar-refractivity contribution in [2.75, 3.05) is 0 Å². The van der Waals surface area contributed by atoms with Gasteiger partial charge in [0.15, 0.2) is 0 Å². The standard InChI is InChI=1S/C17H19F3N2O2S/c1-12(21)14-8-6-13(7-9-14)10-22-25(23,24)11-15-4-2-3-5-16(15)17(18,19)20/h2-9,12,22H,10-11,21H2,1H3. The van der Waals surface area contributed by atoms with E-state index < -0.39 is 27.5 Å². The lowest BCUT2D eigenvalue weighted by Crippen LogP contribution is -2.26. The Morgan fingerprint density at radius 2 is 1.68 bits per heavy atom. The van der Waals surface area contributed by atoms with Gasteiger partial charge in [-0.15, -0.1) is 0 Å². The van der Waals surface area contributed by atoms with Crippen LogP contribution in [0.2, 0.25) is 0 Å². The Kier molecular flexibility index (Phi) is 5.87. The average molecular weight is 372 g/mol. The summed E-state index contributed by atoms with van der Waals surface area (Å²) in [5.41, 5.74) is 6.11. The van der Waals surface area contributed by atoms with Gasteiger partial charge >= 0.3 is 6.18 Å². The Balaban J connectivity index is 2.08. The van der Waals surface area contributed by atoms with Crippen molar-refractivity contribution in [2.24, 2.45) is 5.73 Å². The van der Waals surface area contributed by atoms with Crippen molar-refractivity contribution in [3.63, 3.8) is 0 Å². The molecule has 2 aromatic rings. The molecule has 2 aromatic carbocycles. The molecule has 0 aliphatic carbocycles. The van der Waals surface area contributed by atoms with Crippen LogP contribution in [-0.4, -0.2) is 8.42 Å². The maximum absolute atomic E-state index is 13.0. The van der Waals surface area contributed by atoms with Crippen LogP contribution in [0.4, 0.5) is 13.2 Å². The number of halogens is 3. The van der Waals surface area contributed by atoms with Crippen LogP contribution in [0, 0.1) is 0 Å². The lowest BCUT2D eigenvalue weighted by Gasteiger charge is -2.13. The third-order valence-electron chi connectivity index (χ3n) is 3.67. The van der Waals surface area contributed by atoms with Crippen LogP contribution in [0.1, 0.15) is 35.2 Å². The van der Waals surface area contributed by atoms with Crippen molar-refractivity contribution in [3.05, 3.63) is 70.8 Å². The molecule has 3 N–H and O–H groups in total.